The molecule has 0 radical (unpaired) electrons. The Morgan fingerprint density at radius 1 is 1.32 bits per heavy atom. The zero-order valence-electron chi connectivity index (χ0n) is 10.8. The van der Waals surface area contributed by atoms with Crippen LogP contribution in [0.15, 0.2) is 30.3 Å². The fourth-order valence-electron chi connectivity index (χ4n) is 2.47. The second-order valence-electron chi connectivity index (χ2n) is 4.95. The van der Waals surface area contributed by atoms with Crippen LogP contribution in [0.4, 0.5) is 0 Å². The molecule has 0 spiro atoms. The summed E-state index contributed by atoms with van der Waals surface area (Å²) in [6.07, 6.45) is 2.00. The van der Waals surface area contributed by atoms with Crippen LogP contribution < -0.4 is 0 Å². The van der Waals surface area contributed by atoms with Gasteiger partial charge < -0.3 is 9.84 Å². The van der Waals surface area contributed by atoms with Crippen molar-refractivity contribution in [2.24, 2.45) is 5.41 Å². The molecule has 0 aliphatic carbocycles. The van der Waals surface area contributed by atoms with Crippen LogP contribution in [0, 0.1) is 5.41 Å². The molecular formula is C15H18O4. The van der Waals surface area contributed by atoms with Gasteiger partial charge in [-0.05, 0) is 24.8 Å². The van der Waals surface area contributed by atoms with E-state index in [0.29, 0.717) is 19.4 Å². The van der Waals surface area contributed by atoms with Crippen molar-refractivity contribution >= 4 is 11.8 Å². The zero-order valence-corrected chi connectivity index (χ0v) is 10.8. The lowest BCUT2D eigenvalue weighted by molar-refractivity contribution is -0.165. The lowest BCUT2D eigenvalue weighted by Crippen LogP contribution is -2.47. The standard InChI is InChI=1S/C15H18O4/c16-13-8-10-19-11-15(13,14(17)18)9-4-7-12-5-2-1-3-6-12/h1-3,5-6H,4,7-11H2,(H,17,18). The lowest BCUT2D eigenvalue weighted by Gasteiger charge is -2.31. The molecule has 1 aliphatic rings. The van der Waals surface area contributed by atoms with E-state index in [1.165, 1.54) is 0 Å². The molecule has 1 unspecified atom stereocenters. The van der Waals surface area contributed by atoms with E-state index >= 15 is 0 Å². The number of carbonyl (C=O) groups excluding carboxylic acids is 1. The van der Waals surface area contributed by atoms with Crippen molar-refractivity contribution in [2.45, 2.75) is 25.7 Å². The quantitative estimate of drug-likeness (QED) is 0.825. The van der Waals surface area contributed by atoms with Crippen molar-refractivity contribution in [3.05, 3.63) is 35.9 Å². The number of hydrogen-bond donors (Lipinski definition) is 1. The molecule has 1 saturated heterocycles. The molecule has 0 aromatic heterocycles. The highest BCUT2D eigenvalue weighted by Gasteiger charge is 2.47. The van der Waals surface area contributed by atoms with E-state index in [4.69, 9.17) is 4.74 Å². The summed E-state index contributed by atoms with van der Waals surface area (Å²) in [5.41, 5.74) is -0.167. The van der Waals surface area contributed by atoms with Gasteiger partial charge in [-0.15, -0.1) is 0 Å². The number of carboxylic acid groups (broad SMARTS) is 1. The molecule has 2 rings (SSSR count). The molecule has 0 amide bonds. The molecule has 102 valence electrons. The van der Waals surface area contributed by atoms with Crippen LogP contribution in [0.5, 0.6) is 0 Å². The van der Waals surface area contributed by atoms with Crippen LogP contribution >= 0.6 is 0 Å². The summed E-state index contributed by atoms with van der Waals surface area (Å²) in [5, 5.41) is 9.36. The summed E-state index contributed by atoms with van der Waals surface area (Å²) in [7, 11) is 0. The average molecular weight is 262 g/mol. The second kappa shape index (κ2) is 5.97. The molecule has 1 aromatic rings. The molecule has 1 atom stereocenters. The van der Waals surface area contributed by atoms with Gasteiger partial charge in [-0.2, -0.15) is 0 Å². The van der Waals surface area contributed by atoms with E-state index in [-0.39, 0.29) is 18.8 Å². The van der Waals surface area contributed by atoms with Crippen molar-refractivity contribution in [3.63, 3.8) is 0 Å². The third-order valence-corrected chi connectivity index (χ3v) is 3.68. The number of aryl methyl sites for hydroxylation is 1. The van der Waals surface area contributed by atoms with E-state index in [9.17, 15) is 14.7 Å². The van der Waals surface area contributed by atoms with Gasteiger partial charge in [-0.25, -0.2) is 0 Å². The van der Waals surface area contributed by atoms with E-state index in [2.05, 4.69) is 0 Å². The van der Waals surface area contributed by atoms with Gasteiger partial charge in [0.1, 0.15) is 5.41 Å². The third-order valence-electron chi connectivity index (χ3n) is 3.68. The van der Waals surface area contributed by atoms with Gasteiger partial charge in [0.2, 0.25) is 0 Å². The Balaban J connectivity index is 1.98. The number of benzene rings is 1. The Kier molecular flexibility index (Phi) is 4.32. The van der Waals surface area contributed by atoms with E-state index in [0.717, 1.165) is 12.0 Å². The highest BCUT2D eigenvalue weighted by Crippen LogP contribution is 2.31. The molecule has 0 bridgehead atoms. The number of carboxylic acids is 1. The highest BCUT2D eigenvalue weighted by atomic mass is 16.5. The van der Waals surface area contributed by atoms with Crippen molar-refractivity contribution in [1.82, 2.24) is 0 Å². The summed E-state index contributed by atoms with van der Waals surface area (Å²) in [4.78, 5) is 23.4. The van der Waals surface area contributed by atoms with Gasteiger partial charge in [0.25, 0.3) is 0 Å². The second-order valence-corrected chi connectivity index (χ2v) is 4.95. The largest absolute Gasteiger partial charge is 0.480 e. The molecule has 4 heteroatoms. The van der Waals surface area contributed by atoms with E-state index < -0.39 is 11.4 Å². The Morgan fingerprint density at radius 2 is 2.05 bits per heavy atom. The Bertz CT molecular complexity index is 454. The molecule has 1 aliphatic heterocycles. The van der Waals surface area contributed by atoms with E-state index in [1.807, 2.05) is 30.3 Å². The van der Waals surface area contributed by atoms with Gasteiger partial charge in [0, 0.05) is 6.42 Å². The molecule has 4 nitrogen and oxygen atoms in total. The minimum Gasteiger partial charge on any atom is -0.480 e. The Morgan fingerprint density at radius 3 is 2.68 bits per heavy atom. The summed E-state index contributed by atoms with van der Waals surface area (Å²) < 4.78 is 5.22. The Labute approximate surface area is 112 Å². The predicted octanol–water partition coefficient (Wildman–Crippen LogP) is 2.07. The fourth-order valence-corrected chi connectivity index (χ4v) is 2.47. The van der Waals surface area contributed by atoms with Crippen molar-refractivity contribution in [3.8, 4) is 0 Å². The maximum absolute atomic E-state index is 11.9. The first-order valence-electron chi connectivity index (χ1n) is 6.53. The first-order chi connectivity index (χ1) is 9.15. The van der Waals surface area contributed by atoms with Gasteiger partial charge in [0.05, 0.1) is 13.2 Å². The third kappa shape index (κ3) is 3.01. The highest BCUT2D eigenvalue weighted by molar-refractivity contribution is 6.03. The molecule has 1 heterocycles. The fraction of sp³-hybridized carbons (Fsp3) is 0.467. The number of rotatable bonds is 5. The average Bonchev–Trinajstić information content (AvgIpc) is 2.42. The van der Waals surface area contributed by atoms with Gasteiger partial charge in [-0.1, -0.05) is 30.3 Å². The number of carbonyl (C=O) groups is 2. The molecule has 1 fully saturated rings. The van der Waals surface area contributed by atoms with Crippen LogP contribution in [0.25, 0.3) is 0 Å². The summed E-state index contributed by atoms with van der Waals surface area (Å²) in [6, 6.07) is 9.87. The van der Waals surface area contributed by atoms with Crippen molar-refractivity contribution < 1.29 is 19.4 Å². The van der Waals surface area contributed by atoms with Crippen molar-refractivity contribution in [2.75, 3.05) is 13.2 Å². The number of hydrogen-bond acceptors (Lipinski definition) is 3. The zero-order chi connectivity index (χ0) is 13.7. The smallest absolute Gasteiger partial charge is 0.319 e. The Hall–Kier alpha value is -1.68. The SMILES string of the molecule is O=C(O)C1(CCCc2ccccc2)COCCC1=O. The molecule has 0 saturated carbocycles. The first kappa shape index (κ1) is 13.7. The number of Topliss-reactive ketones (excluding diaryl/α,β-unsaturated/α-hetero) is 1. The minimum absolute atomic E-state index is 0.00988. The van der Waals surface area contributed by atoms with Crippen molar-refractivity contribution in [1.29, 1.82) is 0 Å². The maximum Gasteiger partial charge on any atom is 0.319 e. The lowest BCUT2D eigenvalue weighted by atomic mass is 9.77. The van der Waals surface area contributed by atoms with Crippen LogP contribution in [-0.4, -0.2) is 30.1 Å². The van der Waals surface area contributed by atoms with Crippen LogP contribution in [0.3, 0.4) is 0 Å². The molecule has 19 heavy (non-hydrogen) atoms. The van der Waals surface area contributed by atoms with E-state index in [1.54, 1.807) is 0 Å². The maximum atomic E-state index is 11.9. The van der Waals surface area contributed by atoms with Gasteiger partial charge in [-0.3, -0.25) is 9.59 Å². The molecule has 1 aromatic carbocycles. The summed E-state index contributed by atoms with van der Waals surface area (Å²) in [5.74, 6) is -1.25. The predicted molar refractivity (Wildman–Crippen MR) is 69.9 cm³/mol. The minimum atomic E-state index is -1.33. The van der Waals surface area contributed by atoms with Crippen LogP contribution in [0.1, 0.15) is 24.8 Å². The number of aliphatic carboxylic acids is 1. The first-order valence-corrected chi connectivity index (χ1v) is 6.53. The van der Waals surface area contributed by atoms with Crippen LogP contribution in [-0.2, 0) is 20.7 Å². The monoisotopic (exact) mass is 262 g/mol. The normalized spacial score (nSPS) is 23.3. The topological polar surface area (TPSA) is 63.6 Å². The van der Waals surface area contributed by atoms with Crippen LogP contribution in [0.2, 0.25) is 0 Å². The molecular weight excluding hydrogens is 244 g/mol. The summed E-state index contributed by atoms with van der Waals surface area (Å²) >= 11 is 0. The number of ketones is 1. The van der Waals surface area contributed by atoms with Gasteiger partial charge >= 0.3 is 5.97 Å². The van der Waals surface area contributed by atoms with Gasteiger partial charge in [0.15, 0.2) is 5.78 Å². The molecule has 1 N–H and O–H groups in total. The number of ether oxygens (including phenoxy) is 1. The summed E-state index contributed by atoms with van der Waals surface area (Å²) in [6.45, 7) is 0.350.